The van der Waals surface area contributed by atoms with E-state index in [4.69, 9.17) is 4.74 Å². The molecule has 0 fully saturated rings. The van der Waals surface area contributed by atoms with Crippen LogP contribution in [0.3, 0.4) is 0 Å². The fraction of sp³-hybridized carbons (Fsp3) is 0.348. The Hall–Kier alpha value is -3.68. The van der Waals surface area contributed by atoms with Crippen LogP contribution in [0.5, 0.6) is 5.75 Å². The van der Waals surface area contributed by atoms with E-state index >= 15 is 0 Å². The van der Waals surface area contributed by atoms with Crippen molar-refractivity contribution in [3.05, 3.63) is 60.2 Å². The van der Waals surface area contributed by atoms with Crippen molar-refractivity contribution < 1.29 is 47.2 Å². The minimum atomic E-state index is -5.32. The summed E-state index contributed by atoms with van der Waals surface area (Å²) in [6.07, 6.45) is -5.71. The van der Waals surface area contributed by atoms with Crippen LogP contribution in [0.1, 0.15) is 5.56 Å². The number of hydrogen-bond acceptors (Lipinski definition) is 8. The van der Waals surface area contributed by atoms with Gasteiger partial charge in [-0.15, -0.1) is 0 Å². The van der Waals surface area contributed by atoms with Gasteiger partial charge in [-0.05, 0) is 36.2 Å². The van der Waals surface area contributed by atoms with Gasteiger partial charge in [-0.1, -0.05) is 30.3 Å². The number of halogens is 3. The van der Waals surface area contributed by atoms with Gasteiger partial charge in [-0.2, -0.15) is 13.2 Å². The van der Waals surface area contributed by atoms with Crippen molar-refractivity contribution >= 4 is 23.7 Å². The number of aliphatic hydroxyl groups is 2. The second kappa shape index (κ2) is 14.0. The number of para-hydroxylation sites is 1. The normalized spacial score (nSPS) is 12.8. The summed E-state index contributed by atoms with van der Waals surface area (Å²) in [5, 5.41) is 27.1. The number of urea groups is 1. The number of aliphatic hydroxyl groups excluding tert-OH is 2. The molecule has 0 spiro atoms. The minimum absolute atomic E-state index is 0.0773. The van der Waals surface area contributed by atoms with Crippen molar-refractivity contribution in [2.45, 2.75) is 24.7 Å². The maximum atomic E-state index is 12.0. The average Bonchev–Trinajstić information content (AvgIpc) is 2.85. The number of ether oxygens (including phenoxy) is 2. The van der Waals surface area contributed by atoms with Gasteiger partial charge in [0.05, 0.1) is 6.61 Å². The molecule has 0 aliphatic heterocycles. The number of alkyl halides is 3. The van der Waals surface area contributed by atoms with Crippen LogP contribution in [0.15, 0.2) is 54.6 Å². The van der Waals surface area contributed by atoms with E-state index in [2.05, 4.69) is 15.4 Å². The standard InChI is InChI=1S/C23H26F3N3O7/c24-23(25,26)21(33)36-20(32)12-28-22(34)29-16-8-6-15(7-9-16)10-17(13-30)27-11-18(31)14-35-19-4-2-1-3-5-19/h1-9,17-18,27,30-31H,10-14H2,(H2,28,29,34)/t17-,18-/m0/s1. The highest BCUT2D eigenvalue weighted by molar-refractivity contribution is 5.94. The number of anilines is 1. The largest absolute Gasteiger partial charge is 0.491 e. The van der Waals surface area contributed by atoms with Crippen LogP contribution in [-0.2, 0) is 20.7 Å². The minimum Gasteiger partial charge on any atom is -0.491 e. The molecule has 2 amide bonds. The molecule has 10 nitrogen and oxygen atoms in total. The van der Waals surface area contributed by atoms with Crippen molar-refractivity contribution in [1.29, 1.82) is 0 Å². The first-order valence-corrected chi connectivity index (χ1v) is 10.7. The Labute approximate surface area is 204 Å². The SMILES string of the molecule is O=C(NCC(=O)OC(=O)C(F)(F)F)Nc1ccc(C[C@@H](CO)NC[C@H](O)COc2ccccc2)cc1. The molecule has 0 unspecified atom stereocenters. The van der Waals surface area contributed by atoms with Crippen LogP contribution in [-0.4, -0.2) is 72.8 Å². The number of nitrogens with one attached hydrogen (secondary N) is 3. The summed E-state index contributed by atoms with van der Waals surface area (Å²) in [6, 6.07) is 14.2. The average molecular weight is 513 g/mol. The number of rotatable bonds is 12. The fourth-order valence-corrected chi connectivity index (χ4v) is 2.81. The first-order valence-electron chi connectivity index (χ1n) is 10.7. The molecule has 0 saturated carbocycles. The smallest absolute Gasteiger partial charge is 0.491 e. The maximum absolute atomic E-state index is 12.0. The number of carbonyl (C=O) groups excluding carboxylic acids is 3. The Kier molecular flexibility index (Phi) is 11.1. The van der Waals surface area contributed by atoms with Gasteiger partial charge < -0.3 is 35.6 Å². The third-order valence-corrected chi connectivity index (χ3v) is 4.57. The lowest BCUT2D eigenvalue weighted by Gasteiger charge is -2.19. The quantitative estimate of drug-likeness (QED) is 0.211. The van der Waals surface area contributed by atoms with Crippen LogP contribution in [0.4, 0.5) is 23.7 Å². The highest BCUT2D eigenvalue weighted by Gasteiger charge is 2.42. The highest BCUT2D eigenvalue weighted by atomic mass is 19.4. The topological polar surface area (TPSA) is 146 Å². The summed E-state index contributed by atoms with van der Waals surface area (Å²) >= 11 is 0. The van der Waals surface area contributed by atoms with Crippen molar-refractivity contribution in [1.82, 2.24) is 10.6 Å². The molecule has 2 aromatic rings. The zero-order valence-electron chi connectivity index (χ0n) is 19.0. The molecule has 2 atom stereocenters. The van der Waals surface area contributed by atoms with Crippen molar-refractivity contribution in [2.75, 3.05) is 31.6 Å². The van der Waals surface area contributed by atoms with Crippen LogP contribution in [0.25, 0.3) is 0 Å². The summed E-state index contributed by atoms with van der Waals surface area (Å²) in [6.45, 7) is -0.873. The number of esters is 2. The fourth-order valence-electron chi connectivity index (χ4n) is 2.81. The van der Waals surface area contributed by atoms with E-state index in [-0.39, 0.29) is 25.8 Å². The van der Waals surface area contributed by atoms with E-state index in [9.17, 15) is 37.8 Å². The van der Waals surface area contributed by atoms with Gasteiger partial charge in [-0.25, -0.2) is 14.4 Å². The number of hydrogen-bond donors (Lipinski definition) is 5. The van der Waals surface area contributed by atoms with E-state index in [0.717, 1.165) is 5.56 Å². The predicted molar refractivity (Wildman–Crippen MR) is 121 cm³/mol. The zero-order valence-corrected chi connectivity index (χ0v) is 19.0. The maximum Gasteiger partial charge on any atom is 0.491 e. The van der Waals surface area contributed by atoms with Crippen LogP contribution in [0, 0.1) is 0 Å². The van der Waals surface area contributed by atoms with Gasteiger partial charge in [0.25, 0.3) is 0 Å². The molecule has 13 heteroatoms. The molecular weight excluding hydrogens is 487 g/mol. The second-order valence-corrected chi connectivity index (χ2v) is 7.53. The van der Waals surface area contributed by atoms with E-state index < -0.39 is 36.8 Å². The van der Waals surface area contributed by atoms with Crippen LogP contribution < -0.4 is 20.7 Å². The molecule has 196 valence electrons. The van der Waals surface area contributed by atoms with Gasteiger partial charge in [0, 0.05) is 18.3 Å². The molecule has 0 radical (unpaired) electrons. The molecule has 0 heterocycles. The van der Waals surface area contributed by atoms with Crippen molar-refractivity contribution in [2.24, 2.45) is 0 Å². The molecule has 0 aliphatic carbocycles. The second-order valence-electron chi connectivity index (χ2n) is 7.53. The summed E-state index contributed by atoms with van der Waals surface area (Å²) in [4.78, 5) is 33.5. The van der Waals surface area contributed by atoms with Gasteiger partial charge in [-0.3, -0.25) is 0 Å². The van der Waals surface area contributed by atoms with Crippen molar-refractivity contribution in [3.8, 4) is 5.75 Å². The van der Waals surface area contributed by atoms with E-state index in [1.165, 1.54) is 12.1 Å². The van der Waals surface area contributed by atoms with Crippen LogP contribution in [0.2, 0.25) is 0 Å². The Bertz CT molecular complexity index is 989. The number of amides is 2. The lowest BCUT2D eigenvalue weighted by molar-refractivity contribution is -0.201. The first kappa shape index (κ1) is 28.6. The zero-order chi connectivity index (χ0) is 26.6. The third-order valence-electron chi connectivity index (χ3n) is 4.57. The molecule has 0 bridgehead atoms. The Morgan fingerprint density at radius 1 is 1.00 bits per heavy atom. The van der Waals surface area contributed by atoms with Gasteiger partial charge >= 0.3 is 24.1 Å². The summed E-state index contributed by atoms with van der Waals surface area (Å²) in [5.41, 5.74) is 1.12. The molecule has 2 aromatic carbocycles. The van der Waals surface area contributed by atoms with E-state index in [1.807, 2.05) is 23.5 Å². The lowest BCUT2D eigenvalue weighted by Crippen LogP contribution is -2.41. The first-order chi connectivity index (χ1) is 17.1. The molecule has 2 rings (SSSR count). The Balaban J connectivity index is 1.72. The van der Waals surface area contributed by atoms with Crippen LogP contribution >= 0.6 is 0 Å². The van der Waals surface area contributed by atoms with Gasteiger partial charge in [0.2, 0.25) is 0 Å². The highest BCUT2D eigenvalue weighted by Crippen LogP contribution is 2.16. The molecule has 0 aliphatic rings. The van der Waals surface area contributed by atoms with Gasteiger partial charge in [0.15, 0.2) is 0 Å². The van der Waals surface area contributed by atoms with Crippen molar-refractivity contribution in [3.63, 3.8) is 0 Å². The summed E-state index contributed by atoms with van der Waals surface area (Å²) in [7, 11) is 0. The number of benzene rings is 2. The summed E-state index contributed by atoms with van der Waals surface area (Å²) < 4.78 is 45.1. The lowest BCUT2D eigenvalue weighted by atomic mass is 10.1. The summed E-state index contributed by atoms with van der Waals surface area (Å²) in [5.74, 6) is -3.60. The third kappa shape index (κ3) is 10.7. The molecule has 5 N–H and O–H groups in total. The Morgan fingerprint density at radius 3 is 2.28 bits per heavy atom. The molecule has 0 aromatic heterocycles. The molecule has 36 heavy (non-hydrogen) atoms. The molecule has 0 saturated heterocycles. The monoisotopic (exact) mass is 513 g/mol. The van der Waals surface area contributed by atoms with E-state index in [1.54, 1.807) is 24.3 Å². The van der Waals surface area contributed by atoms with E-state index in [0.29, 0.717) is 17.9 Å². The Morgan fingerprint density at radius 2 is 1.67 bits per heavy atom. The molecular formula is C23H26F3N3O7. The number of carbonyl (C=O) groups is 3. The predicted octanol–water partition coefficient (Wildman–Crippen LogP) is 1.37. The van der Waals surface area contributed by atoms with Gasteiger partial charge in [0.1, 0.15) is 25.0 Å².